The number of morpholine rings is 1. The molecule has 0 saturated carbocycles. The van der Waals surface area contributed by atoms with Gasteiger partial charge in [0.05, 0.1) is 32.8 Å². The van der Waals surface area contributed by atoms with E-state index in [2.05, 4.69) is 29.0 Å². The Kier molecular flexibility index (Phi) is 9.91. The Morgan fingerprint density at radius 2 is 2.04 bits per heavy atom. The number of nitrogens with zero attached hydrogens (tertiary/aromatic N) is 3. The van der Waals surface area contributed by atoms with Gasteiger partial charge in [-0.05, 0) is 12.8 Å². The number of methoxy groups -OCH3 is 1. The third-order valence-corrected chi connectivity index (χ3v) is 4.53. The van der Waals surface area contributed by atoms with Crippen LogP contribution in [0.4, 0.5) is 0 Å². The summed E-state index contributed by atoms with van der Waals surface area (Å²) in [5.41, 5.74) is 0. The summed E-state index contributed by atoms with van der Waals surface area (Å²) < 4.78 is 10.3. The fourth-order valence-corrected chi connectivity index (χ4v) is 3.15. The second-order valence-electron chi connectivity index (χ2n) is 6.20. The molecular weight excluding hydrogens is 423 g/mol. The Morgan fingerprint density at radius 3 is 2.67 bits per heavy atom. The molecule has 2 atom stereocenters. The summed E-state index contributed by atoms with van der Waals surface area (Å²) in [6, 6.07) is 0. The van der Waals surface area contributed by atoms with Crippen molar-refractivity contribution >= 4 is 35.9 Å². The van der Waals surface area contributed by atoms with Gasteiger partial charge in [-0.1, -0.05) is 6.92 Å². The molecule has 2 aliphatic heterocycles. The molecule has 0 aromatic heterocycles. The highest BCUT2D eigenvalue weighted by atomic mass is 127. The van der Waals surface area contributed by atoms with E-state index in [1.54, 1.807) is 0 Å². The molecule has 0 radical (unpaired) electrons. The average molecular weight is 454 g/mol. The number of aliphatic imine (C=N–C) groups is 1. The Morgan fingerprint density at radius 1 is 1.33 bits per heavy atom. The third-order valence-electron chi connectivity index (χ3n) is 4.53. The number of guanidine groups is 1. The molecule has 1 N–H and O–H groups in total. The van der Waals surface area contributed by atoms with Gasteiger partial charge in [0.1, 0.15) is 0 Å². The summed E-state index contributed by atoms with van der Waals surface area (Å²) in [7, 11) is 1.46. The Balaban J connectivity index is 0.00000288. The van der Waals surface area contributed by atoms with Crippen LogP contribution >= 0.6 is 24.0 Å². The maximum absolute atomic E-state index is 11.8. The summed E-state index contributed by atoms with van der Waals surface area (Å²) in [6.07, 6.45) is 0. The molecule has 0 aliphatic carbocycles. The Hall–Kier alpha value is -0.610. The second-order valence-corrected chi connectivity index (χ2v) is 6.20. The monoisotopic (exact) mass is 454 g/mol. The van der Waals surface area contributed by atoms with E-state index in [-0.39, 0.29) is 41.8 Å². The summed E-state index contributed by atoms with van der Waals surface area (Å²) >= 11 is 0. The van der Waals surface area contributed by atoms with Crippen molar-refractivity contribution in [1.29, 1.82) is 0 Å². The highest BCUT2D eigenvalue weighted by molar-refractivity contribution is 14.0. The molecule has 0 aromatic carbocycles. The molecule has 2 heterocycles. The van der Waals surface area contributed by atoms with Gasteiger partial charge in [0.15, 0.2) is 5.96 Å². The molecule has 0 bridgehead atoms. The number of hydrogen-bond donors (Lipinski definition) is 1. The number of nitrogens with one attached hydrogen (secondary N) is 1. The van der Waals surface area contributed by atoms with E-state index >= 15 is 0 Å². The molecule has 2 saturated heterocycles. The van der Waals surface area contributed by atoms with Gasteiger partial charge < -0.3 is 19.7 Å². The first-order valence-electron chi connectivity index (χ1n) is 8.56. The van der Waals surface area contributed by atoms with Crippen LogP contribution in [0.15, 0.2) is 4.99 Å². The van der Waals surface area contributed by atoms with Gasteiger partial charge in [-0.2, -0.15) is 0 Å². The molecule has 0 spiro atoms. The number of rotatable bonds is 5. The van der Waals surface area contributed by atoms with Gasteiger partial charge in [0.25, 0.3) is 0 Å². The van der Waals surface area contributed by atoms with Crippen LogP contribution < -0.4 is 5.32 Å². The molecule has 0 amide bonds. The lowest BCUT2D eigenvalue weighted by molar-refractivity contribution is -0.145. The first-order valence-corrected chi connectivity index (χ1v) is 8.56. The molecular formula is C16H31IN4O3. The van der Waals surface area contributed by atoms with Gasteiger partial charge >= 0.3 is 5.97 Å². The predicted octanol–water partition coefficient (Wildman–Crippen LogP) is 0.643. The van der Waals surface area contributed by atoms with Crippen LogP contribution in [0.5, 0.6) is 0 Å². The zero-order valence-electron chi connectivity index (χ0n) is 15.0. The SMILES string of the molecule is CCNC(=NCCN1CCOCC1)N1CC(C)C(C(=O)OC)C1.I. The number of hydrogen-bond acceptors (Lipinski definition) is 5. The number of carbonyl (C=O) groups is 1. The minimum atomic E-state index is -0.121. The molecule has 8 heteroatoms. The van der Waals surface area contributed by atoms with Crippen LogP contribution in [0, 0.1) is 11.8 Å². The zero-order chi connectivity index (χ0) is 16.7. The van der Waals surface area contributed by atoms with Gasteiger partial charge in [0, 0.05) is 39.3 Å². The van der Waals surface area contributed by atoms with Crippen molar-refractivity contribution in [3.8, 4) is 0 Å². The number of likely N-dealkylation sites (tertiary alicyclic amines) is 1. The zero-order valence-corrected chi connectivity index (χ0v) is 17.3. The van der Waals surface area contributed by atoms with Crippen molar-refractivity contribution in [2.24, 2.45) is 16.8 Å². The molecule has 140 valence electrons. The first kappa shape index (κ1) is 21.4. The molecule has 0 aromatic rings. The van der Waals surface area contributed by atoms with E-state index in [9.17, 15) is 4.79 Å². The Labute approximate surface area is 162 Å². The normalized spacial score (nSPS) is 25.3. The van der Waals surface area contributed by atoms with E-state index in [4.69, 9.17) is 14.5 Å². The molecule has 24 heavy (non-hydrogen) atoms. The fraction of sp³-hybridized carbons (Fsp3) is 0.875. The van der Waals surface area contributed by atoms with Crippen LogP contribution in [0.1, 0.15) is 13.8 Å². The van der Waals surface area contributed by atoms with Crippen molar-refractivity contribution in [2.75, 3.05) is 66.1 Å². The number of carbonyl (C=O) groups excluding carboxylic acids is 1. The minimum absolute atomic E-state index is 0. The van der Waals surface area contributed by atoms with E-state index in [0.717, 1.165) is 58.4 Å². The van der Waals surface area contributed by atoms with Crippen LogP contribution in [0.2, 0.25) is 0 Å². The van der Waals surface area contributed by atoms with Crippen molar-refractivity contribution in [3.05, 3.63) is 0 Å². The van der Waals surface area contributed by atoms with E-state index in [1.807, 2.05) is 0 Å². The summed E-state index contributed by atoms with van der Waals surface area (Å²) in [5, 5.41) is 3.34. The lowest BCUT2D eigenvalue weighted by Crippen LogP contribution is -2.42. The van der Waals surface area contributed by atoms with Gasteiger partial charge in [-0.25, -0.2) is 0 Å². The Bertz CT molecular complexity index is 416. The summed E-state index contributed by atoms with van der Waals surface area (Å²) in [4.78, 5) is 21.1. The molecule has 2 rings (SSSR count). The van der Waals surface area contributed by atoms with Crippen LogP contribution in [0.3, 0.4) is 0 Å². The largest absolute Gasteiger partial charge is 0.469 e. The molecule has 2 unspecified atom stereocenters. The average Bonchev–Trinajstić information content (AvgIpc) is 2.96. The summed E-state index contributed by atoms with van der Waals surface area (Å²) in [5.74, 6) is 0.997. The quantitative estimate of drug-likeness (QED) is 0.285. The van der Waals surface area contributed by atoms with Gasteiger partial charge in [0.2, 0.25) is 0 Å². The lowest BCUT2D eigenvalue weighted by atomic mass is 9.99. The summed E-state index contributed by atoms with van der Waals surface area (Å²) in [6.45, 7) is 11.8. The maximum Gasteiger partial charge on any atom is 0.310 e. The predicted molar refractivity (Wildman–Crippen MR) is 105 cm³/mol. The minimum Gasteiger partial charge on any atom is -0.469 e. The van der Waals surface area contributed by atoms with E-state index in [1.165, 1.54) is 7.11 Å². The maximum atomic E-state index is 11.8. The smallest absolute Gasteiger partial charge is 0.310 e. The highest BCUT2D eigenvalue weighted by Gasteiger charge is 2.36. The van der Waals surface area contributed by atoms with Crippen molar-refractivity contribution in [2.45, 2.75) is 13.8 Å². The van der Waals surface area contributed by atoms with Gasteiger partial charge in [-0.15, -0.1) is 24.0 Å². The molecule has 7 nitrogen and oxygen atoms in total. The van der Waals surface area contributed by atoms with E-state index in [0.29, 0.717) is 6.54 Å². The number of halogens is 1. The van der Waals surface area contributed by atoms with Crippen molar-refractivity contribution < 1.29 is 14.3 Å². The van der Waals surface area contributed by atoms with E-state index < -0.39 is 0 Å². The third kappa shape index (κ3) is 6.03. The van der Waals surface area contributed by atoms with Gasteiger partial charge in [-0.3, -0.25) is 14.7 Å². The molecule has 2 aliphatic rings. The lowest BCUT2D eigenvalue weighted by Gasteiger charge is -2.26. The highest BCUT2D eigenvalue weighted by Crippen LogP contribution is 2.24. The van der Waals surface area contributed by atoms with Crippen LogP contribution in [-0.4, -0.2) is 87.9 Å². The standard InChI is InChI=1S/C16H30N4O3.HI/c1-4-17-16(18-5-6-19-7-9-23-10-8-19)20-11-13(2)14(12-20)15(21)22-3;/h13-14H,4-12H2,1-3H3,(H,17,18);1H. The number of ether oxygens (including phenoxy) is 2. The topological polar surface area (TPSA) is 66.4 Å². The van der Waals surface area contributed by atoms with Crippen LogP contribution in [-0.2, 0) is 14.3 Å². The number of esters is 1. The second kappa shape index (κ2) is 11.1. The van der Waals surface area contributed by atoms with Crippen molar-refractivity contribution in [1.82, 2.24) is 15.1 Å². The molecule has 2 fully saturated rings. The van der Waals surface area contributed by atoms with Crippen molar-refractivity contribution in [3.63, 3.8) is 0 Å². The first-order chi connectivity index (χ1) is 11.2. The van der Waals surface area contributed by atoms with Crippen LogP contribution in [0.25, 0.3) is 0 Å². The fourth-order valence-electron chi connectivity index (χ4n) is 3.15.